The van der Waals surface area contributed by atoms with Crippen molar-refractivity contribution in [1.29, 1.82) is 0 Å². The molecule has 26 heavy (non-hydrogen) atoms. The highest BCUT2D eigenvalue weighted by Gasteiger charge is 2.30. The third kappa shape index (κ3) is 12.4. The molecule has 0 spiro atoms. The Balaban J connectivity index is 1.94. The first-order valence-electron chi connectivity index (χ1n) is 12.7. The van der Waals surface area contributed by atoms with E-state index in [1.807, 2.05) is 0 Å². The molecule has 1 heteroatoms. The molecule has 1 aliphatic heterocycles. The molecule has 156 valence electrons. The molecule has 0 bridgehead atoms. The van der Waals surface area contributed by atoms with E-state index in [9.17, 15) is 0 Å². The molecule has 0 saturated carbocycles. The number of hydrogen-bond acceptors (Lipinski definition) is 0. The molecule has 1 aliphatic rings. The summed E-state index contributed by atoms with van der Waals surface area (Å²) < 4.78 is 1.49. The smallest absolute Gasteiger partial charge is 0.0788 e. The van der Waals surface area contributed by atoms with Gasteiger partial charge in [0.25, 0.3) is 0 Å². The molecule has 0 amide bonds. The Hall–Kier alpha value is -0.0400. The molecular formula is C25H52N+. The van der Waals surface area contributed by atoms with Crippen molar-refractivity contribution in [2.24, 2.45) is 0 Å². The highest BCUT2D eigenvalue weighted by atomic mass is 15.4. The molecule has 0 N–H and O–H groups in total. The van der Waals surface area contributed by atoms with Gasteiger partial charge in [-0.2, -0.15) is 0 Å². The first-order valence-corrected chi connectivity index (χ1v) is 12.7. The average molecular weight is 367 g/mol. The van der Waals surface area contributed by atoms with E-state index < -0.39 is 0 Å². The summed E-state index contributed by atoms with van der Waals surface area (Å²) in [7, 11) is 0. The zero-order chi connectivity index (χ0) is 18.8. The van der Waals surface area contributed by atoms with Gasteiger partial charge in [0.05, 0.1) is 26.2 Å². The van der Waals surface area contributed by atoms with E-state index in [0.29, 0.717) is 0 Å². The van der Waals surface area contributed by atoms with Crippen LogP contribution in [-0.2, 0) is 0 Å². The lowest BCUT2D eigenvalue weighted by Crippen LogP contribution is -2.46. The molecule has 1 fully saturated rings. The molecule has 0 aromatic rings. The van der Waals surface area contributed by atoms with Crippen LogP contribution in [0.1, 0.15) is 136 Å². The lowest BCUT2D eigenvalue weighted by molar-refractivity contribution is -0.917. The third-order valence-electron chi connectivity index (χ3n) is 6.74. The van der Waals surface area contributed by atoms with Gasteiger partial charge in [0.1, 0.15) is 0 Å². The third-order valence-corrected chi connectivity index (χ3v) is 6.74. The zero-order valence-corrected chi connectivity index (χ0v) is 18.7. The molecule has 0 atom stereocenters. The fraction of sp³-hybridized carbons (Fsp3) is 1.00. The predicted octanol–water partition coefficient (Wildman–Crippen LogP) is 8.27. The van der Waals surface area contributed by atoms with E-state index in [1.54, 1.807) is 0 Å². The summed E-state index contributed by atoms with van der Waals surface area (Å²) in [6, 6.07) is 0. The van der Waals surface area contributed by atoms with Gasteiger partial charge >= 0.3 is 0 Å². The molecule has 0 aromatic carbocycles. The number of rotatable bonds is 19. The van der Waals surface area contributed by atoms with Gasteiger partial charge in [0.2, 0.25) is 0 Å². The number of quaternary nitrogens is 1. The van der Waals surface area contributed by atoms with Crippen LogP contribution < -0.4 is 0 Å². The summed E-state index contributed by atoms with van der Waals surface area (Å²) in [4.78, 5) is 0. The van der Waals surface area contributed by atoms with Crippen molar-refractivity contribution in [2.75, 3.05) is 26.2 Å². The normalized spacial score (nSPS) is 16.4. The maximum atomic E-state index is 2.32. The quantitative estimate of drug-likeness (QED) is 0.159. The van der Waals surface area contributed by atoms with Crippen LogP contribution in [0.15, 0.2) is 0 Å². The standard InChI is InChI=1S/C25H52N/c1-3-5-7-9-10-11-12-13-14-15-17-19-23-26(24-20-21-25-26)22-18-16-8-6-4-2/h3-25H2,1-2H3/q+1. The first-order chi connectivity index (χ1) is 12.8. The summed E-state index contributed by atoms with van der Waals surface area (Å²) in [6.45, 7) is 10.6. The maximum Gasteiger partial charge on any atom is 0.0788 e. The maximum absolute atomic E-state index is 2.32. The van der Waals surface area contributed by atoms with Gasteiger partial charge in [-0.1, -0.05) is 97.3 Å². The van der Waals surface area contributed by atoms with Crippen molar-refractivity contribution in [2.45, 2.75) is 136 Å². The minimum atomic E-state index is 1.37. The summed E-state index contributed by atoms with van der Waals surface area (Å²) in [6.07, 6.45) is 27.9. The molecule has 0 radical (unpaired) electrons. The van der Waals surface area contributed by atoms with Crippen LogP contribution in [0, 0.1) is 0 Å². The lowest BCUT2D eigenvalue weighted by atomic mass is 10.0. The van der Waals surface area contributed by atoms with Crippen molar-refractivity contribution in [3.8, 4) is 0 Å². The largest absolute Gasteiger partial charge is 0.324 e. The predicted molar refractivity (Wildman–Crippen MR) is 119 cm³/mol. The Morgan fingerprint density at radius 2 is 0.731 bits per heavy atom. The molecular weight excluding hydrogens is 314 g/mol. The molecule has 1 heterocycles. The Morgan fingerprint density at radius 3 is 1.08 bits per heavy atom. The van der Waals surface area contributed by atoms with Crippen LogP contribution in [0.3, 0.4) is 0 Å². The number of nitrogens with zero attached hydrogens (tertiary/aromatic N) is 1. The zero-order valence-electron chi connectivity index (χ0n) is 18.7. The topological polar surface area (TPSA) is 0 Å². The molecule has 1 rings (SSSR count). The van der Waals surface area contributed by atoms with Gasteiger partial charge in [-0.15, -0.1) is 0 Å². The van der Waals surface area contributed by atoms with E-state index >= 15 is 0 Å². The van der Waals surface area contributed by atoms with Gasteiger partial charge in [-0.3, -0.25) is 0 Å². The van der Waals surface area contributed by atoms with E-state index in [4.69, 9.17) is 0 Å². The van der Waals surface area contributed by atoms with Crippen molar-refractivity contribution in [3.05, 3.63) is 0 Å². The van der Waals surface area contributed by atoms with Crippen LogP contribution in [0.4, 0.5) is 0 Å². The molecule has 0 unspecified atom stereocenters. The van der Waals surface area contributed by atoms with Crippen molar-refractivity contribution in [1.82, 2.24) is 0 Å². The molecule has 1 nitrogen and oxygen atoms in total. The van der Waals surface area contributed by atoms with Crippen LogP contribution in [0.5, 0.6) is 0 Å². The summed E-state index contributed by atoms with van der Waals surface area (Å²) in [5, 5.41) is 0. The minimum absolute atomic E-state index is 1.37. The second-order valence-electron chi connectivity index (χ2n) is 9.25. The van der Waals surface area contributed by atoms with Gasteiger partial charge in [0, 0.05) is 12.8 Å². The van der Waals surface area contributed by atoms with Crippen LogP contribution in [0.25, 0.3) is 0 Å². The monoisotopic (exact) mass is 366 g/mol. The lowest BCUT2D eigenvalue weighted by Gasteiger charge is -2.34. The number of likely N-dealkylation sites (tertiary alicyclic amines) is 1. The van der Waals surface area contributed by atoms with E-state index in [1.165, 1.54) is 153 Å². The van der Waals surface area contributed by atoms with Crippen molar-refractivity contribution in [3.63, 3.8) is 0 Å². The van der Waals surface area contributed by atoms with Gasteiger partial charge in [-0.25, -0.2) is 0 Å². The second-order valence-corrected chi connectivity index (χ2v) is 9.25. The van der Waals surface area contributed by atoms with Crippen molar-refractivity contribution < 1.29 is 4.48 Å². The van der Waals surface area contributed by atoms with Gasteiger partial charge in [-0.05, 0) is 25.7 Å². The number of unbranched alkanes of at least 4 members (excludes halogenated alkanes) is 15. The van der Waals surface area contributed by atoms with Crippen molar-refractivity contribution >= 4 is 0 Å². The Labute approximate surface area is 166 Å². The van der Waals surface area contributed by atoms with Crippen LogP contribution in [-0.4, -0.2) is 30.7 Å². The minimum Gasteiger partial charge on any atom is -0.324 e. The fourth-order valence-electron chi connectivity index (χ4n) is 4.90. The highest BCUT2D eigenvalue weighted by molar-refractivity contribution is 4.57. The van der Waals surface area contributed by atoms with Crippen LogP contribution >= 0.6 is 0 Å². The second kappa shape index (κ2) is 17.1. The Kier molecular flexibility index (Phi) is 15.8. The summed E-state index contributed by atoms with van der Waals surface area (Å²) in [5.74, 6) is 0. The summed E-state index contributed by atoms with van der Waals surface area (Å²) >= 11 is 0. The van der Waals surface area contributed by atoms with Crippen LogP contribution in [0.2, 0.25) is 0 Å². The van der Waals surface area contributed by atoms with Gasteiger partial charge in [0.15, 0.2) is 0 Å². The van der Waals surface area contributed by atoms with E-state index in [-0.39, 0.29) is 0 Å². The first kappa shape index (κ1) is 24.0. The SMILES string of the molecule is CCCCCCCCCCCCCC[N+]1(CCCCCCC)CCCC1. The Morgan fingerprint density at radius 1 is 0.423 bits per heavy atom. The van der Waals surface area contributed by atoms with E-state index in [2.05, 4.69) is 13.8 Å². The van der Waals surface area contributed by atoms with Gasteiger partial charge < -0.3 is 4.48 Å². The molecule has 0 aromatic heterocycles. The Bertz CT molecular complexity index is 280. The molecule has 0 aliphatic carbocycles. The highest BCUT2D eigenvalue weighted by Crippen LogP contribution is 2.23. The summed E-state index contributed by atoms with van der Waals surface area (Å²) in [5.41, 5.74) is 0. The number of hydrogen-bond donors (Lipinski definition) is 0. The fourth-order valence-corrected chi connectivity index (χ4v) is 4.90. The van der Waals surface area contributed by atoms with E-state index in [0.717, 1.165) is 0 Å². The average Bonchev–Trinajstić information content (AvgIpc) is 3.11. The molecule has 1 saturated heterocycles.